The van der Waals surface area contributed by atoms with Crippen LogP contribution < -0.4 is 4.90 Å². The third kappa shape index (κ3) is 3.14. The molecule has 0 amide bonds. The van der Waals surface area contributed by atoms with Gasteiger partial charge in [0.05, 0.1) is 4.21 Å². The molecule has 1 aliphatic rings. The predicted octanol–water partition coefficient (Wildman–Crippen LogP) is 5.24. The summed E-state index contributed by atoms with van der Waals surface area (Å²) >= 11 is 3.94. The van der Waals surface area contributed by atoms with Crippen molar-refractivity contribution >= 4 is 28.8 Å². The Hall–Kier alpha value is -0.930. The van der Waals surface area contributed by atoms with E-state index in [0.717, 1.165) is 13.0 Å². The van der Waals surface area contributed by atoms with Crippen molar-refractivity contribution in [1.29, 1.82) is 0 Å². The zero-order valence-corrected chi connectivity index (χ0v) is 14.5. The van der Waals surface area contributed by atoms with Crippen LogP contribution in [0.2, 0.25) is 0 Å². The summed E-state index contributed by atoms with van der Waals surface area (Å²) in [5, 5.41) is 2.24. The first-order valence-corrected chi connectivity index (χ1v) is 9.73. The second-order valence-electron chi connectivity index (χ2n) is 5.58. The van der Waals surface area contributed by atoms with E-state index in [4.69, 9.17) is 0 Å². The number of para-hydroxylation sites is 1. The Morgan fingerprint density at radius 1 is 1.19 bits per heavy atom. The zero-order valence-electron chi connectivity index (χ0n) is 12.8. The third-order valence-electron chi connectivity index (χ3n) is 4.16. The van der Waals surface area contributed by atoms with E-state index in [1.54, 1.807) is 5.56 Å². The molecule has 112 valence electrons. The maximum atomic E-state index is 2.66. The summed E-state index contributed by atoms with van der Waals surface area (Å²) in [6.45, 7) is 5.70. The molecule has 1 unspecified atom stereocenters. The van der Waals surface area contributed by atoms with E-state index in [0.29, 0.717) is 6.04 Å². The molecule has 0 radical (unpaired) electrons. The van der Waals surface area contributed by atoms with Gasteiger partial charge in [-0.2, -0.15) is 0 Å². The molecule has 0 bridgehead atoms. The summed E-state index contributed by atoms with van der Waals surface area (Å²) in [6.07, 6.45) is 3.51. The first kappa shape index (κ1) is 15.0. The first-order chi connectivity index (χ1) is 10.3. The van der Waals surface area contributed by atoms with E-state index in [9.17, 15) is 0 Å². The summed E-state index contributed by atoms with van der Waals surface area (Å²) in [5.74, 6) is 1.21. The van der Waals surface area contributed by atoms with Crippen molar-refractivity contribution in [1.82, 2.24) is 0 Å². The molecule has 1 nitrogen and oxygen atoms in total. The maximum Gasteiger partial charge on any atom is 0.0632 e. The van der Waals surface area contributed by atoms with Crippen molar-refractivity contribution in [2.24, 2.45) is 0 Å². The molecule has 0 aliphatic carbocycles. The quantitative estimate of drug-likeness (QED) is 0.741. The molecule has 0 saturated carbocycles. The number of hydrogen-bond donors (Lipinski definition) is 0. The first-order valence-electron chi connectivity index (χ1n) is 7.87. The summed E-state index contributed by atoms with van der Waals surface area (Å²) < 4.78 is 1.53. The summed E-state index contributed by atoms with van der Waals surface area (Å²) in [5.41, 5.74) is 4.48. The molecule has 21 heavy (non-hydrogen) atoms. The molecule has 0 spiro atoms. The van der Waals surface area contributed by atoms with Crippen molar-refractivity contribution in [2.45, 2.75) is 43.4 Å². The van der Waals surface area contributed by atoms with Crippen LogP contribution in [0.1, 0.15) is 31.4 Å². The average molecular weight is 318 g/mol. The van der Waals surface area contributed by atoms with Crippen molar-refractivity contribution < 1.29 is 0 Å². The lowest BCUT2D eigenvalue weighted by Crippen LogP contribution is -2.41. The minimum atomic E-state index is 0.629. The molecule has 0 saturated heterocycles. The third-order valence-corrected chi connectivity index (χ3v) is 6.62. The number of thioether (sulfide) groups is 1. The van der Waals surface area contributed by atoms with Crippen LogP contribution in [0.15, 0.2) is 39.9 Å². The number of fused-ring (bicyclic) bond motifs is 1. The largest absolute Gasteiger partial charge is 0.367 e. The zero-order chi connectivity index (χ0) is 14.7. The van der Waals surface area contributed by atoms with Gasteiger partial charge in [0, 0.05) is 24.0 Å². The number of thiophene rings is 1. The molecule has 2 aromatic rings. The predicted molar refractivity (Wildman–Crippen MR) is 96.0 cm³/mol. The smallest absolute Gasteiger partial charge is 0.0632 e. The van der Waals surface area contributed by atoms with Crippen molar-refractivity contribution in [3.8, 4) is 0 Å². The van der Waals surface area contributed by atoms with Crippen molar-refractivity contribution in [3.63, 3.8) is 0 Å². The Morgan fingerprint density at radius 3 is 2.86 bits per heavy atom. The minimum Gasteiger partial charge on any atom is -0.367 e. The van der Waals surface area contributed by atoms with Gasteiger partial charge in [0.15, 0.2) is 0 Å². The lowest BCUT2D eigenvalue weighted by Gasteiger charge is -2.37. The monoisotopic (exact) mass is 317 g/mol. The highest BCUT2D eigenvalue weighted by Gasteiger charge is 2.26. The molecule has 3 heteroatoms. The molecule has 3 rings (SSSR count). The van der Waals surface area contributed by atoms with E-state index in [2.05, 4.69) is 54.5 Å². The van der Waals surface area contributed by atoms with E-state index in [1.165, 1.54) is 34.1 Å². The molecule has 2 heterocycles. The Balaban J connectivity index is 1.88. The highest BCUT2D eigenvalue weighted by molar-refractivity contribution is 8.01. The Kier molecular flexibility index (Phi) is 4.91. The normalized spacial score (nSPS) is 17.5. The lowest BCUT2D eigenvalue weighted by atomic mass is 10.0. The van der Waals surface area contributed by atoms with Gasteiger partial charge in [-0.25, -0.2) is 0 Å². The number of aryl methyl sites for hydroxylation is 1. The molecular formula is C18H23NS2. The molecule has 0 N–H and O–H groups in total. The number of hydrogen-bond acceptors (Lipinski definition) is 3. The molecular weight excluding hydrogens is 294 g/mol. The van der Waals surface area contributed by atoms with Crippen LogP contribution in [0.5, 0.6) is 0 Å². The molecule has 1 atom stereocenters. The van der Waals surface area contributed by atoms with Crippen LogP contribution in [0.25, 0.3) is 0 Å². The standard InChI is InChI=1S/C18H23NS2/c1-3-10-19(17-8-6-5-7-14(17)4-2)16-12-15-9-11-20-18(15)21-13-16/h5-9,11,16H,3-4,10,12-13H2,1-2H3. The van der Waals surface area contributed by atoms with Gasteiger partial charge < -0.3 is 4.90 Å². The number of rotatable bonds is 5. The van der Waals surface area contributed by atoms with Gasteiger partial charge in [0.2, 0.25) is 0 Å². The number of anilines is 1. The van der Waals surface area contributed by atoms with E-state index < -0.39 is 0 Å². The van der Waals surface area contributed by atoms with Crippen molar-refractivity contribution in [3.05, 3.63) is 46.8 Å². The van der Waals surface area contributed by atoms with Gasteiger partial charge in [-0.05, 0) is 47.9 Å². The highest BCUT2D eigenvalue weighted by atomic mass is 32.2. The number of nitrogens with zero attached hydrogens (tertiary/aromatic N) is 1. The maximum absolute atomic E-state index is 2.66. The molecule has 1 aromatic carbocycles. The fourth-order valence-electron chi connectivity index (χ4n) is 3.12. The minimum absolute atomic E-state index is 0.629. The summed E-state index contributed by atoms with van der Waals surface area (Å²) in [6, 6.07) is 11.9. The SMILES string of the molecule is CCCN(c1ccccc1CC)C1CSc2sccc2C1. The van der Waals surface area contributed by atoms with E-state index in [-0.39, 0.29) is 0 Å². The molecule has 1 aliphatic heterocycles. The average Bonchev–Trinajstić information content (AvgIpc) is 3.00. The van der Waals surface area contributed by atoms with Gasteiger partial charge in [0.1, 0.15) is 0 Å². The van der Waals surface area contributed by atoms with Crippen LogP contribution in [-0.4, -0.2) is 18.3 Å². The van der Waals surface area contributed by atoms with Crippen LogP contribution in [-0.2, 0) is 12.8 Å². The second-order valence-corrected chi connectivity index (χ2v) is 7.78. The van der Waals surface area contributed by atoms with E-state index >= 15 is 0 Å². The lowest BCUT2D eigenvalue weighted by molar-refractivity contribution is 0.620. The van der Waals surface area contributed by atoms with E-state index in [1.807, 2.05) is 23.1 Å². The molecule has 0 fully saturated rings. The van der Waals surface area contributed by atoms with Crippen LogP contribution in [0.3, 0.4) is 0 Å². The van der Waals surface area contributed by atoms with Gasteiger partial charge in [-0.1, -0.05) is 32.0 Å². The van der Waals surface area contributed by atoms with Gasteiger partial charge in [-0.15, -0.1) is 23.1 Å². The number of benzene rings is 1. The van der Waals surface area contributed by atoms with Gasteiger partial charge in [0.25, 0.3) is 0 Å². The van der Waals surface area contributed by atoms with Crippen LogP contribution in [0, 0.1) is 0 Å². The second kappa shape index (κ2) is 6.89. The van der Waals surface area contributed by atoms with Gasteiger partial charge >= 0.3 is 0 Å². The fraction of sp³-hybridized carbons (Fsp3) is 0.444. The topological polar surface area (TPSA) is 3.24 Å². The van der Waals surface area contributed by atoms with Crippen LogP contribution >= 0.6 is 23.1 Å². The molecule has 1 aromatic heterocycles. The van der Waals surface area contributed by atoms with Gasteiger partial charge in [-0.3, -0.25) is 0 Å². The highest BCUT2D eigenvalue weighted by Crippen LogP contribution is 2.37. The Morgan fingerprint density at radius 2 is 2.05 bits per heavy atom. The summed E-state index contributed by atoms with van der Waals surface area (Å²) in [4.78, 5) is 2.66. The Bertz CT molecular complexity index is 590. The van der Waals surface area contributed by atoms with Crippen molar-refractivity contribution in [2.75, 3.05) is 17.2 Å². The summed E-state index contributed by atoms with van der Waals surface area (Å²) in [7, 11) is 0. The fourth-order valence-corrected chi connectivity index (χ4v) is 5.40. The Labute approximate surface area is 136 Å². The van der Waals surface area contributed by atoms with Crippen LogP contribution in [0.4, 0.5) is 5.69 Å².